The number of Topliss-reactive ketones (excluding diaryl/α,β-unsaturated/α-hetero) is 1. The van der Waals surface area contributed by atoms with Crippen LogP contribution in [0.4, 0.5) is 0 Å². The zero-order valence-corrected chi connectivity index (χ0v) is 12.0. The third kappa shape index (κ3) is 4.26. The molecule has 0 saturated heterocycles. The van der Waals surface area contributed by atoms with Gasteiger partial charge in [0.05, 0.1) is 12.5 Å². The highest BCUT2D eigenvalue weighted by molar-refractivity contribution is 9.10. The second kappa shape index (κ2) is 6.59. The van der Waals surface area contributed by atoms with Gasteiger partial charge in [0, 0.05) is 16.4 Å². The Bertz CT molecular complexity index is 540. The molecule has 1 aromatic heterocycles. The number of carbonyl (C=O) groups is 1. The number of nitrogens with two attached hydrogens (primary N) is 1. The van der Waals surface area contributed by atoms with Gasteiger partial charge in [-0.05, 0) is 40.0 Å². The lowest BCUT2D eigenvalue weighted by molar-refractivity contribution is -0.119. The molecule has 0 aliphatic heterocycles. The van der Waals surface area contributed by atoms with Gasteiger partial charge in [0.25, 0.3) is 0 Å². The summed E-state index contributed by atoms with van der Waals surface area (Å²) in [6.45, 7) is 0. The van der Waals surface area contributed by atoms with Crippen molar-refractivity contribution >= 4 is 21.7 Å². The standard InChI is InChI=1S/C15H15BrN2O/c16-12-6-7-13(18-10-12)9-15(19)14(17)8-11-4-2-1-3-5-11/h1-7,10,14H,8-9,17H2. The molecule has 0 amide bonds. The lowest BCUT2D eigenvalue weighted by atomic mass is 10.0. The number of pyridine rings is 1. The number of benzene rings is 1. The Morgan fingerprint density at radius 2 is 1.95 bits per heavy atom. The van der Waals surface area contributed by atoms with E-state index in [2.05, 4.69) is 20.9 Å². The molecule has 1 atom stereocenters. The Kier molecular flexibility index (Phi) is 4.82. The normalized spacial score (nSPS) is 12.1. The lowest BCUT2D eigenvalue weighted by Crippen LogP contribution is -2.34. The van der Waals surface area contributed by atoms with Gasteiger partial charge in [-0.1, -0.05) is 30.3 Å². The van der Waals surface area contributed by atoms with E-state index in [4.69, 9.17) is 5.73 Å². The van der Waals surface area contributed by atoms with E-state index in [-0.39, 0.29) is 12.2 Å². The van der Waals surface area contributed by atoms with E-state index < -0.39 is 6.04 Å². The maximum atomic E-state index is 12.0. The van der Waals surface area contributed by atoms with Crippen LogP contribution in [0.5, 0.6) is 0 Å². The molecule has 1 unspecified atom stereocenters. The first-order valence-corrected chi connectivity index (χ1v) is 6.87. The Labute approximate surface area is 121 Å². The molecule has 1 heterocycles. The van der Waals surface area contributed by atoms with Crippen LogP contribution in [0.2, 0.25) is 0 Å². The highest BCUT2D eigenvalue weighted by Crippen LogP contribution is 2.09. The van der Waals surface area contributed by atoms with Crippen molar-refractivity contribution in [3.63, 3.8) is 0 Å². The number of halogens is 1. The molecule has 2 rings (SSSR count). The summed E-state index contributed by atoms with van der Waals surface area (Å²) in [5.41, 5.74) is 7.76. The van der Waals surface area contributed by atoms with E-state index >= 15 is 0 Å². The zero-order chi connectivity index (χ0) is 13.7. The fourth-order valence-corrected chi connectivity index (χ4v) is 2.04. The van der Waals surface area contributed by atoms with Crippen LogP contribution in [-0.4, -0.2) is 16.8 Å². The second-order valence-electron chi connectivity index (χ2n) is 4.41. The van der Waals surface area contributed by atoms with Crippen LogP contribution in [0, 0.1) is 0 Å². The van der Waals surface area contributed by atoms with E-state index in [1.54, 1.807) is 6.20 Å². The molecule has 3 nitrogen and oxygen atoms in total. The summed E-state index contributed by atoms with van der Waals surface area (Å²) in [5.74, 6) is 0.0127. The van der Waals surface area contributed by atoms with Crippen molar-refractivity contribution in [2.75, 3.05) is 0 Å². The molecule has 0 fully saturated rings. The number of hydrogen-bond donors (Lipinski definition) is 1. The van der Waals surface area contributed by atoms with Crippen molar-refractivity contribution in [1.29, 1.82) is 0 Å². The Morgan fingerprint density at radius 1 is 1.21 bits per heavy atom. The van der Waals surface area contributed by atoms with E-state index in [0.29, 0.717) is 6.42 Å². The Morgan fingerprint density at radius 3 is 2.58 bits per heavy atom. The smallest absolute Gasteiger partial charge is 0.155 e. The van der Waals surface area contributed by atoms with Crippen LogP contribution in [0.25, 0.3) is 0 Å². The minimum absolute atomic E-state index is 0.0127. The second-order valence-corrected chi connectivity index (χ2v) is 5.32. The molecule has 0 radical (unpaired) electrons. The fourth-order valence-electron chi connectivity index (χ4n) is 1.80. The van der Waals surface area contributed by atoms with Crippen LogP contribution in [0.1, 0.15) is 11.3 Å². The first kappa shape index (κ1) is 13.9. The minimum atomic E-state index is -0.479. The number of rotatable bonds is 5. The third-order valence-corrected chi connectivity index (χ3v) is 3.33. The maximum Gasteiger partial charge on any atom is 0.155 e. The van der Waals surface area contributed by atoms with Gasteiger partial charge >= 0.3 is 0 Å². The van der Waals surface area contributed by atoms with E-state index in [0.717, 1.165) is 15.7 Å². The van der Waals surface area contributed by atoms with E-state index in [9.17, 15) is 4.79 Å². The number of aromatic nitrogens is 1. The molecule has 4 heteroatoms. The molecule has 98 valence electrons. The minimum Gasteiger partial charge on any atom is -0.321 e. The molecule has 0 spiro atoms. The van der Waals surface area contributed by atoms with Crippen molar-refractivity contribution in [3.8, 4) is 0 Å². The summed E-state index contributed by atoms with van der Waals surface area (Å²) in [6, 6.07) is 13.0. The molecule has 0 bridgehead atoms. The molecule has 2 N–H and O–H groups in total. The van der Waals surface area contributed by atoms with Crippen LogP contribution in [0.15, 0.2) is 53.1 Å². The molecular formula is C15H15BrN2O. The van der Waals surface area contributed by atoms with Gasteiger partial charge in [-0.25, -0.2) is 0 Å². The molecule has 1 aromatic carbocycles. The van der Waals surface area contributed by atoms with Gasteiger partial charge in [0.2, 0.25) is 0 Å². The van der Waals surface area contributed by atoms with Gasteiger partial charge in [0.15, 0.2) is 5.78 Å². The average molecular weight is 319 g/mol. The molecular weight excluding hydrogens is 304 g/mol. The van der Waals surface area contributed by atoms with Gasteiger partial charge in [-0.2, -0.15) is 0 Å². The Balaban J connectivity index is 1.94. The topological polar surface area (TPSA) is 56.0 Å². The zero-order valence-electron chi connectivity index (χ0n) is 10.4. The molecule has 0 aliphatic carbocycles. The predicted octanol–water partition coefficient (Wildman–Crippen LogP) is 2.53. The predicted molar refractivity (Wildman–Crippen MR) is 78.8 cm³/mol. The highest BCUT2D eigenvalue weighted by Gasteiger charge is 2.15. The Hall–Kier alpha value is -1.52. The largest absolute Gasteiger partial charge is 0.321 e. The molecule has 2 aromatic rings. The number of ketones is 1. The van der Waals surface area contributed by atoms with Crippen molar-refractivity contribution in [3.05, 3.63) is 64.4 Å². The summed E-state index contributed by atoms with van der Waals surface area (Å²) in [7, 11) is 0. The summed E-state index contributed by atoms with van der Waals surface area (Å²) < 4.78 is 0.900. The van der Waals surface area contributed by atoms with Crippen molar-refractivity contribution in [1.82, 2.24) is 4.98 Å². The van der Waals surface area contributed by atoms with Gasteiger partial charge in [0.1, 0.15) is 0 Å². The van der Waals surface area contributed by atoms with Crippen LogP contribution in [-0.2, 0) is 17.6 Å². The summed E-state index contributed by atoms with van der Waals surface area (Å²) in [6.07, 6.45) is 2.53. The fraction of sp³-hybridized carbons (Fsp3) is 0.200. The van der Waals surface area contributed by atoms with Crippen LogP contribution < -0.4 is 5.73 Å². The molecule has 0 aliphatic rings. The van der Waals surface area contributed by atoms with Crippen molar-refractivity contribution in [2.24, 2.45) is 5.73 Å². The molecule has 0 saturated carbocycles. The first-order valence-electron chi connectivity index (χ1n) is 6.08. The summed E-state index contributed by atoms with van der Waals surface area (Å²) in [4.78, 5) is 16.2. The number of hydrogen-bond acceptors (Lipinski definition) is 3. The first-order chi connectivity index (χ1) is 9.15. The monoisotopic (exact) mass is 318 g/mol. The van der Waals surface area contributed by atoms with Crippen LogP contribution in [0.3, 0.4) is 0 Å². The highest BCUT2D eigenvalue weighted by atomic mass is 79.9. The molecule has 19 heavy (non-hydrogen) atoms. The van der Waals surface area contributed by atoms with E-state index in [1.165, 1.54) is 0 Å². The van der Waals surface area contributed by atoms with Gasteiger partial charge in [-0.15, -0.1) is 0 Å². The maximum absolute atomic E-state index is 12.0. The average Bonchev–Trinajstić information content (AvgIpc) is 2.42. The van der Waals surface area contributed by atoms with Gasteiger partial charge < -0.3 is 5.73 Å². The van der Waals surface area contributed by atoms with E-state index in [1.807, 2.05) is 42.5 Å². The van der Waals surface area contributed by atoms with Crippen molar-refractivity contribution < 1.29 is 4.79 Å². The third-order valence-electron chi connectivity index (χ3n) is 2.86. The van der Waals surface area contributed by atoms with Crippen molar-refractivity contribution in [2.45, 2.75) is 18.9 Å². The van der Waals surface area contributed by atoms with Gasteiger partial charge in [-0.3, -0.25) is 9.78 Å². The summed E-state index contributed by atoms with van der Waals surface area (Å²) >= 11 is 3.31. The number of nitrogens with zero attached hydrogens (tertiary/aromatic N) is 1. The quantitative estimate of drug-likeness (QED) is 0.921. The SMILES string of the molecule is NC(Cc1ccccc1)C(=O)Cc1ccc(Br)cn1. The summed E-state index contributed by atoms with van der Waals surface area (Å²) in [5, 5.41) is 0. The van der Waals surface area contributed by atoms with Crippen LogP contribution >= 0.6 is 15.9 Å². The lowest BCUT2D eigenvalue weighted by Gasteiger charge is -2.10. The number of carbonyl (C=O) groups excluding carboxylic acids is 1.